The van der Waals surface area contributed by atoms with Crippen LogP contribution in [0.5, 0.6) is 0 Å². The van der Waals surface area contributed by atoms with Crippen molar-refractivity contribution in [1.82, 2.24) is 0 Å². The SMILES string of the molecule is CC(C)C1=CC[C]=C1C1C=Cc2ccccc21. The summed E-state index contributed by atoms with van der Waals surface area (Å²) in [5.41, 5.74) is 5.68. The molecular formula is C17H17. The van der Waals surface area contributed by atoms with Gasteiger partial charge in [-0.05, 0) is 40.7 Å². The van der Waals surface area contributed by atoms with Crippen molar-refractivity contribution in [1.29, 1.82) is 0 Å². The molecule has 0 fully saturated rings. The number of benzene rings is 1. The molecule has 0 bridgehead atoms. The van der Waals surface area contributed by atoms with Crippen molar-refractivity contribution in [2.45, 2.75) is 26.2 Å². The Morgan fingerprint density at radius 1 is 1.24 bits per heavy atom. The summed E-state index contributed by atoms with van der Waals surface area (Å²) in [6, 6.07) is 8.68. The average Bonchev–Trinajstić information content (AvgIpc) is 2.94. The van der Waals surface area contributed by atoms with Crippen molar-refractivity contribution in [2.75, 3.05) is 0 Å². The second kappa shape index (κ2) is 4.03. The zero-order valence-corrected chi connectivity index (χ0v) is 10.4. The predicted molar refractivity (Wildman–Crippen MR) is 72.5 cm³/mol. The molecule has 2 aliphatic carbocycles. The largest absolute Gasteiger partial charge is 0.0763 e. The highest BCUT2D eigenvalue weighted by atomic mass is 14.3. The molecule has 0 saturated carbocycles. The molecule has 1 aromatic carbocycles. The van der Waals surface area contributed by atoms with E-state index in [0.717, 1.165) is 6.42 Å². The molecule has 85 valence electrons. The van der Waals surface area contributed by atoms with Gasteiger partial charge < -0.3 is 0 Å². The lowest BCUT2D eigenvalue weighted by Crippen LogP contribution is -2.03. The Morgan fingerprint density at radius 3 is 2.88 bits per heavy atom. The average molecular weight is 221 g/mol. The quantitative estimate of drug-likeness (QED) is 0.689. The topological polar surface area (TPSA) is 0 Å². The van der Waals surface area contributed by atoms with Gasteiger partial charge in [0.2, 0.25) is 0 Å². The van der Waals surface area contributed by atoms with Gasteiger partial charge in [-0.1, -0.05) is 56.3 Å². The van der Waals surface area contributed by atoms with Crippen LogP contribution in [0, 0.1) is 12.0 Å². The molecule has 1 unspecified atom stereocenters. The standard InChI is InChI=1S/C17H17/c1-12(2)14-8-5-9-16(14)17-11-10-13-6-3-4-7-15(13)17/h3-4,6-8,10-12,17H,5H2,1-2H3. The van der Waals surface area contributed by atoms with Crippen LogP contribution in [-0.4, -0.2) is 0 Å². The van der Waals surface area contributed by atoms with Crippen LogP contribution in [0.4, 0.5) is 0 Å². The van der Waals surface area contributed by atoms with Crippen LogP contribution in [0.2, 0.25) is 0 Å². The van der Waals surface area contributed by atoms with E-state index in [0.29, 0.717) is 11.8 Å². The van der Waals surface area contributed by atoms with Gasteiger partial charge in [-0.2, -0.15) is 0 Å². The van der Waals surface area contributed by atoms with Crippen LogP contribution >= 0.6 is 0 Å². The lowest BCUT2D eigenvalue weighted by atomic mass is 9.85. The zero-order chi connectivity index (χ0) is 11.8. The number of fused-ring (bicyclic) bond motifs is 1. The molecule has 0 heterocycles. The number of rotatable bonds is 2. The van der Waals surface area contributed by atoms with E-state index in [1.54, 1.807) is 0 Å². The third-order valence-corrected chi connectivity index (χ3v) is 3.66. The van der Waals surface area contributed by atoms with Gasteiger partial charge in [0, 0.05) is 5.92 Å². The summed E-state index contributed by atoms with van der Waals surface area (Å²) in [5, 5.41) is 0. The van der Waals surface area contributed by atoms with E-state index in [1.165, 1.54) is 22.3 Å². The Morgan fingerprint density at radius 2 is 2.06 bits per heavy atom. The van der Waals surface area contributed by atoms with Crippen molar-refractivity contribution in [3.63, 3.8) is 0 Å². The molecule has 2 aliphatic rings. The maximum absolute atomic E-state index is 3.54. The van der Waals surface area contributed by atoms with Crippen molar-refractivity contribution < 1.29 is 0 Å². The first-order valence-electron chi connectivity index (χ1n) is 6.35. The Labute approximate surface area is 103 Å². The summed E-state index contributed by atoms with van der Waals surface area (Å²) in [7, 11) is 0. The molecule has 0 spiro atoms. The van der Waals surface area contributed by atoms with Crippen LogP contribution in [0.3, 0.4) is 0 Å². The van der Waals surface area contributed by atoms with Gasteiger partial charge in [-0.15, -0.1) is 0 Å². The minimum absolute atomic E-state index is 0.433. The van der Waals surface area contributed by atoms with Crippen LogP contribution in [0.15, 0.2) is 47.6 Å². The third-order valence-electron chi connectivity index (χ3n) is 3.66. The molecule has 0 saturated heterocycles. The Bertz CT molecular complexity index is 527. The van der Waals surface area contributed by atoms with Crippen molar-refractivity contribution in [3.05, 3.63) is 64.8 Å². The number of hydrogen-bond acceptors (Lipinski definition) is 0. The molecule has 17 heavy (non-hydrogen) atoms. The normalized spacial score (nSPS) is 21.7. The fourth-order valence-electron chi connectivity index (χ4n) is 2.82. The Hall–Kier alpha value is -1.56. The molecule has 0 heteroatoms. The van der Waals surface area contributed by atoms with E-state index in [2.05, 4.69) is 62.4 Å². The summed E-state index contributed by atoms with van der Waals surface area (Å²) < 4.78 is 0. The van der Waals surface area contributed by atoms with Crippen LogP contribution < -0.4 is 0 Å². The highest BCUT2D eigenvalue weighted by Crippen LogP contribution is 2.42. The van der Waals surface area contributed by atoms with Crippen LogP contribution in [0.25, 0.3) is 6.08 Å². The smallest absolute Gasteiger partial charge is 0.0284 e. The maximum Gasteiger partial charge on any atom is 0.0284 e. The first-order valence-corrected chi connectivity index (χ1v) is 6.35. The molecule has 0 aliphatic heterocycles. The molecule has 1 aromatic rings. The van der Waals surface area contributed by atoms with Gasteiger partial charge in [-0.3, -0.25) is 0 Å². The van der Waals surface area contributed by atoms with Crippen LogP contribution in [0.1, 0.15) is 37.3 Å². The highest BCUT2D eigenvalue weighted by Gasteiger charge is 2.25. The second-order valence-electron chi connectivity index (χ2n) is 5.07. The van der Waals surface area contributed by atoms with E-state index >= 15 is 0 Å². The maximum atomic E-state index is 3.54. The van der Waals surface area contributed by atoms with Gasteiger partial charge in [0.05, 0.1) is 0 Å². The van der Waals surface area contributed by atoms with Gasteiger partial charge in [0.1, 0.15) is 0 Å². The van der Waals surface area contributed by atoms with Gasteiger partial charge in [0.15, 0.2) is 0 Å². The molecule has 0 aromatic heterocycles. The molecule has 0 N–H and O–H groups in total. The minimum atomic E-state index is 0.433. The Kier molecular flexibility index (Phi) is 2.51. The fourth-order valence-corrected chi connectivity index (χ4v) is 2.82. The van der Waals surface area contributed by atoms with Crippen molar-refractivity contribution >= 4 is 6.08 Å². The number of hydrogen-bond donors (Lipinski definition) is 0. The Balaban J connectivity index is 1.99. The van der Waals surface area contributed by atoms with Gasteiger partial charge in [-0.25, -0.2) is 0 Å². The van der Waals surface area contributed by atoms with Gasteiger partial charge >= 0.3 is 0 Å². The second-order valence-corrected chi connectivity index (χ2v) is 5.07. The minimum Gasteiger partial charge on any atom is -0.0763 e. The molecule has 3 rings (SSSR count). The first-order chi connectivity index (χ1) is 8.27. The van der Waals surface area contributed by atoms with Crippen LogP contribution in [-0.2, 0) is 0 Å². The van der Waals surface area contributed by atoms with Crippen molar-refractivity contribution in [3.8, 4) is 0 Å². The van der Waals surface area contributed by atoms with E-state index in [9.17, 15) is 0 Å². The summed E-state index contributed by atoms with van der Waals surface area (Å²) in [5.74, 6) is 1.03. The summed E-state index contributed by atoms with van der Waals surface area (Å²) in [4.78, 5) is 0. The third kappa shape index (κ3) is 1.68. The summed E-state index contributed by atoms with van der Waals surface area (Å²) in [6.07, 6.45) is 11.4. The van der Waals surface area contributed by atoms with Gasteiger partial charge in [0.25, 0.3) is 0 Å². The monoisotopic (exact) mass is 221 g/mol. The summed E-state index contributed by atoms with van der Waals surface area (Å²) in [6.45, 7) is 4.53. The predicted octanol–water partition coefficient (Wildman–Crippen LogP) is 4.51. The van der Waals surface area contributed by atoms with Crippen molar-refractivity contribution in [2.24, 2.45) is 5.92 Å². The molecular weight excluding hydrogens is 204 g/mol. The molecule has 1 radical (unpaired) electrons. The fraction of sp³-hybridized carbons (Fsp3) is 0.294. The highest BCUT2D eigenvalue weighted by molar-refractivity contribution is 5.66. The molecule has 0 nitrogen and oxygen atoms in total. The molecule has 1 atom stereocenters. The van der Waals surface area contributed by atoms with E-state index < -0.39 is 0 Å². The van der Waals surface area contributed by atoms with E-state index in [1.807, 2.05) is 0 Å². The summed E-state index contributed by atoms with van der Waals surface area (Å²) >= 11 is 0. The number of allylic oxidation sites excluding steroid dienone is 5. The lowest BCUT2D eigenvalue weighted by Gasteiger charge is -2.18. The zero-order valence-electron chi connectivity index (χ0n) is 10.4. The van der Waals surface area contributed by atoms with E-state index in [-0.39, 0.29) is 0 Å². The molecule has 0 amide bonds. The first kappa shape index (κ1) is 10.6. The van der Waals surface area contributed by atoms with E-state index in [4.69, 9.17) is 0 Å². The lowest BCUT2D eigenvalue weighted by molar-refractivity contribution is 0.763.